The summed E-state index contributed by atoms with van der Waals surface area (Å²) in [6, 6.07) is 16.6. The first-order valence-electron chi connectivity index (χ1n) is 7.62. The Morgan fingerprint density at radius 2 is 1.45 bits per heavy atom. The van der Waals surface area contributed by atoms with Gasteiger partial charge in [-0.2, -0.15) is 0 Å². The van der Waals surface area contributed by atoms with Gasteiger partial charge in [0.15, 0.2) is 0 Å². The predicted octanol–water partition coefficient (Wildman–Crippen LogP) is 4.88. The van der Waals surface area contributed by atoms with E-state index in [1.165, 1.54) is 5.56 Å². The topological polar surface area (TPSA) is 20.2 Å². The van der Waals surface area contributed by atoms with Gasteiger partial charge in [-0.05, 0) is 62.9 Å². The normalized spacial score (nSPS) is 11.7. The quantitative estimate of drug-likeness (QED) is 0.799. The van der Waals surface area contributed by atoms with Crippen molar-refractivity contribution in [2.75, 3.05) is 0 Å². The van der Waals surface area contributed by atoms with Gasteiger partial charge < -0.3 is 5.11 Å². The monoisotopic (exact) mass is 292 g/mol. The number of benzene rings is 2. The number of rotatable bonds is 3. The third-order valence-electron chi connectivity index (χ3n) is 3.95. The highest BCUT2D eigenvalue weighted by Crippen LogP contribution is 2.29. The van der Waals surface area contributed by atoms with Crippen LogP contribution in [-0.4, -0.2) is 5.11 Å². The van der Waals surface area contributed by atoms with Crippen molar-refractivity contribution in [2.24, 2.45) is 0 Å². The zero-order chi connectivity index (χ0) is 16.4. The molecular weight excluding hydrogens is 268 g/mol. The Balaban J connectivity index is 2.37. The Labute approximate surface area is 134 Å². The molecule has 1 N–H and O–H groups in total. The summed E-state index contributed by atoms with van der Waals surface area (Å²) in [6.45, 7) is 9.75. The van der Waals surface area contributed by atoms with Gasteiger partial charge in [0.1, 0.15) is 0 Å². The van der Waals surface area contributed by atoms with Gasteiger partial charge in [0.05, 0.1) is 11.0 Å². The zero-order valence-corrected chi connectivity index (χ0v) is 14.1. The minimum Gasteiger partial charge on any atom is -0.386 e. The van der Waals surface area contributed by atoms with Crippen molar-refractivity contribution in [3.8, 4) is 23.0 Å². The molecular formula is C21H24O. The molecule has 0 heterocycles. The Morgan fingerprint density at radius 3 is 2.00 bits per heavy atom. The average Bonchev–Trinajstić information content (AvgIpc) is 2.47. The lowest BCUT2D eigenvalue weighted by Gasteiger charge is -2.20. The first-order valence-corrected chi connectivity index (χ1v) is 7.62. The fourth-order valence-electron chi connectivity index (χ4n) is 2.54. The van der Waals surface area contributed by atoms with Gasteiger partial charge in [0.2, 0.25) is 0 Å². The molecule has 2 aromatic carbocycles. The molecule has 0 radical (unpaired) electrons. The Morgan fingerprint density at radius 1 is 0.818 bits per heavy atom. The van der Waals surface area contributed by atoms with E-state index in [4.69, 9.17) is 0 Å². The van der Waals surface area contributed by atoms with Gasteiger partial charge in [0, 0.05) is 0 Å². The lowest BCUT2D eigenvalue weighted by molar-refractivity contribution is 0.0786. The van der Waals surface area contributed by atoms with Crippen LogP contribution in [0.2, 0.25) is 0 Å². The van der Waals surface area contributed by atoms with Crippen LogP contribution in [0.15, 0.2) is 48.5 Å². The van der Waals surface area contributed by atoms with Crippen molar-refractivity contribution in [1.82, 2.24) is 0 Å². The third kappa shape index (κ3) is 3.59. The second-order valence-corrected chi connectivity index (χ2v) is 6.72. The van der Waals surface area contributed by atoms with Gasteiger partial charge in [-0.3, -0.25) is 0 Å². The lowest BCUT2D eigenvalue weighted by atomic mass is 9.84. The highest BCUT2D eigenvalue weighted by atomic mass is 16.3. The summed E-state index contributed by atoms with van der Waals surface area (Å²) < 4.78 is 0. The van der Waals surface area contributed by atoms with E-state index in [1.54, 1.807) is 13.8 Å². The first kappa shape index (κ1) is 16.3. The van der Waals surface area contributed by atoms with Crippen LogP contribution < -0.4 is 0 Å². The largest absolute Gasteiger partial charge is 0.386 e. The van der Waals surface area contributed by atoms with Crippen LogP contribution in [0.3, 0.4) is 0 Å². The fraction of sp³-hybridized carbons (Fsp3) is 0.333. The summed E-state index contributed by atoms with van der Waals surface area (Å²) in [5, 5.41) is 10.2. The Kier molecular flexibility index (Phi) is 4.44. The van der Waals surface area contributed by atoms with Crippen LogP contribution in [0.25, 0.3) is 11.1 Å². The van der Waals surface area contributed by atoms with E-state index in [0.29, 0.717) is 0 Å². The van der Waals surface area contributed by atoms with E-state index < -0.39 is 5.60 Å². The van der Waals surface area contributed by atoms with Crippen molar-refractivity contribution in [3.63, 3.8) is 0 Å². The predicted molar refractivity (Wildman–Crippen MR) is 93.6 cm³/mol. The fourth-order valence-corrected chi connectivity index (χ4v) is 2.54. The Bertz CT molecular complexity index is 704. The van der Waals surface area contributed by atoms with Crippen LogP contribution in [0, 0.1) is 11.8 Å². The van der Waals surface area contributed by atoms with Crippen LogP contribution in [0.4, 0.5) is 0 Å². The summed E-state index contributed by atoms with van der Waals surface area (Å²) in [7, 11) is 0. The molecule has 114 valence electrons. The first-order chi connectivity index (χ1) is 10.2. The second kappa shape index (κ2) is 5.99. The van der Waals surface area contributed by atoms with Gasteiger partial charge >= 0.3 is 0 Å². The average molecular weight is 292 g/mol. The molecule has 22 heavy (non-hydrogen) atoms. The number of hydrogen-bond donors (Lipinski definition) is 1. The zero-order valence-electron chi connectivity index (χ0n) is 14.1. The standard InChI is InChI=1S/C21H24O/c1-6-14-20(2,3)18-12-10-16(11-13-18)17-8-7-9-19(15-17)21(4,5)22/h7-13,15,22H,1-5H3. The summed E-state index contributed by atoms with van der Waals surface area (Å²) in [4.78, 5) is 0. The molecule has 0 aromatic heterocycles. The minimum atomic E-state index is -0.825. The van der Waals surface area contributed by atoms with Crippen molar-refractivity contribution >= 4 is 0 Å². The van der Waals surface area contributed by atoms with Crippen LogP contribution in [0.5, 0.6) is 0 Å². The van der Waals surface area contributed by atoms with E-state index >= 15 is 0 Å². The van der Waals surface area contributed by atoms with Crippen molar-refractivity contribution in [1.29, 1.82) is 0 Å². The van der Waals surface area contributed by atoms with Gasteiger partial charge in [-0.1, -0.05) is 48.4 Å². The molecule has 0 fully saturated rings. The number of aliphatic hydroxyl groups is 1. The molecule has 0 spiro atoms. The number of hydrogen-bond acceptors (Lipinski definition) is 1. The molecule has 2 aromatic rings. The van der Waals surface area contributed by atoms with E-state index in [2.05, 4.69) is 56.0 Å². The maximum atomic E-state index is 10.2. The molecule has 1 heteroatoms. The Hall–Kier alpha value is -2.04. The summed E-state index contributed by atoms with van der Waals surface area (Å²) in [5.41, 5.74) is 3.44. The SMILES string of the molecule is CC#CC(C)(C)c1ccc(-c2cccc(C(C)(C)O)c2)cc1. The van der Waals surface area contributed by atoms with E-state index in [1.807, 2.05) is 25.1 Å². The molecule has 0 aliphatic rings. The molecule has 0 atom stereocenters. The van der Waals surface area contributed by atoms with E-state index in [0.717, 1.165) is 16.7 Å². The van der Waals surface area contributed by atoms with Gasteiger partial charge in [0.25, 0.3) is 0 Å². The molecule has 0 bridgehead atoms. The van der Waals surface area contributed by atoms with Crippen LogP contribution >= 0.6 is 0 Å². The molecule has 0 aliphatic heterocycles. The third-order valence-corrected chi connectivity index (χ3v) is 3.95. The molecule has 2 rings (SSSR count). The van der Waals surface area contributed by atoms with E-state index in [9.17, 15) is 5.11 Å². The molecule has 0 unspecified atom stereocenters. The van der Waals surface area contributed by atoms with Crippen molar-refractivity contribution in [3.05, 3.63) is 59.7 Å². The van der Waals surface area contributed by atoms with Crippen LogP contribution in [-0.2, 0) is 11.0 Å². The van der Waals surface area contributed by atoms with Gasteiger partial charge in [-0.25, -0.2) is 0 Å². The highest BCUT2D eigenvalue weighted by molar-refractivity contribution is 5.65. The summed E-state index contributed by atoms with van der Waals surface area (Å²) >= 11 is 0. The van der Waals surface area contributed by atoms with Crippen molar-refractivity contribution < 1.29 is 5.11 Å². The van der Waals surface area contributed by atoms with Crippen LogP contribution in [0.1, 0.15) is 45.7 Å². The molecule has 0 amide bonds. The minimum absolute atomic E-state index is 0.137. The molecule has 0 saturated carbocycles. The molecule has 1 nitrogen and oxygen atoms in total. The van der Waals surface area contributed by atoms with Crippen molar-refractivity contribution in [2.45, 2.75) is 45.6 Å². The maximum absolute atomic E-state index is 10.2. The van der Waals surface area contributed by atoms with Gasteiger partial charge in [-0.15, -0.1) is 5.92 Å². The molecule has 0 saturated heterocycles. The van der Waals surface area contributed by atoms with E-state index in [-0.39, 0.29) is 5.41 Å². The highest BCUT2D eigenvalue weighted by Gasteiger charge is 2.18. The smallest absolute Gasteiger partial charge is 0.0840 e. The lowest BCUT2D eigenvalue weighted by Crippen LogP contribution is -2.15. The summed E-state index contributed by atoms with van der Waals surface area (Å²) in [6.07, 6.45) is 0. The second-order valence-electron chi connectivity index (χ2n) is 6.72. The molecule has 0 aliphatic carbocycles. The summed E-state index contributed by atoms with van der Waals surface area (Å²) in [5.74, 6) is 6.24. The maximum Gasteiger partial charge on any atom is 0.0840 e.